The van der Waals surface area contributed by atoms with Crippen molar-refractivity contribution in [2.45, 2.75) is 24.9 Å². The highest BCUT2D eigenvalue weighted by atomic mass is 32.2. The summed E-state index contributed by atoms with van der Waals surface area (Å²) >= 11 is 0. The van der Waals surface area contributed by atoms with Crippen molar-refractivity contribution in [3.8, 4) is 0 Å². The number of fused-ring (bicyclic) bond motifs is 1. The Hall–Kier alpha value is -2.20. The number of carboxylic acids is 1. The van der Waals surface area contributed by atoms with E-state index in [0.717, 1.165) is 0 Å². The monoisotopic (exact) mass is 311 g/mol. The van der Waals surface area contributed by atoms with Crippen LogP contribution in [0.5, 0.6) is 0 Å². The molecule has 0 unspecified atom stereocenters. The average Bonchev–Trinajstić information content (AvgIpc) is 3.03. The Morgan fingerprint density at radius 2 is 2.19 bits per heavy atom. The molecule has 21 heavy (non-hydrogen) atoms. The molecule has 0 amide bonds. The maximum absolute atomic E-state index is 12.7. The summed E-state index contributed by atoms with van der Waals surface area (Å²) in [5.41, 5.74) is -0.275. The number of sulfonamides is 1. The Balaban J connectivity index is 2.03. The fourth-order valence-electron chi connectivity index (χ4n) is 2.37. The minimum Gasteiger partial charge on any atom is -0.476 e. The molecule has 0 fully saturated rings. The molecule has 0 radical (unpaired) electrons. The van der Waals surface area contributed by atoms with Crippen molar-refractivity contribution in [2.75, 3.05) is 6.54 Å². The van der Waals surface area contributed by atoms with Crippen LogP contribution in [0.25, 0.3) is 0 Å². The molecule has 2 aromatic heterocycles. The molecule has 9 nitrogen and oxygen atoms in total. The normalized spacial score (nSPS) is 15.9. The van der Waals surface area contributed by atoms with E-state index in [1.165, 1.54) is 11.2 Å². The Labute approximate surface area is 120 Å². The van der Waals surface area contributed by atoms with Crippen molar-refractivity contribution in [3.63, 3.8) is 0 Å². The Morgan fingerprint density at radius 3 is 2.90 bits per heavy atom. The van der Waals surface area contributed by atoms with E-state index in [4.69, 9.17) is 5.11 Å². The number of aryl methyl sites for hydroxylation is 1. The second-order valence-corrected chi connectivity index (χ2v) is 6.58. The van der Waals surface area contributed by atoms with Gasteiger partial charge in [0.25, 0.3) is 0 Å². The summed E-state index contributed by atoms with van der Waals surface area (Å²) in [6.07, 6.45) is 3.39. The highest BCUT2D eigenvalue weighted by molar-refractivity contribution is 7.89. The van der Waals surface area contributed by atoms with Crippen LogP contribution in [0.3, 0.4) is 0 Å². The van der Waals surface area contributed by atoms with Crippen LogP contribution in [0.2, 0.25) is 0 Å². The number of hydrogen-bond donors (Lipinski definition) is 2. The molecular weight excluding hydrogens is 298 g/mol. The van der Waals surface area contributed by atoms with E-state index in [-0.39, 0.29) is 23.7 Å². The van der Waals surface area contributed by atoms with E-state index in [2.05, 4.69) is 15.2 Å². The molecule has 2 aromatic rings. The number of imidazole rings is 1. The summed E-state index contributed by atoms with van der Waals surface area (Å²) in [6.45, 7) is 2.33. The van der Waals surface area contributed by atoms with Gasteiger partial charge >= 0.3 is 5.97 Å². The number of aromatic amines is 1. The van der Waals surface area contributed by atoms with Gasteiger partial charge in [0.1, 0.15) is 10.7 Å². The molecule has 1 aliphatic heterocycles. The molecule has 0 aromatic carbocycles. The van der Waals surface area contributed by atoms with Gasteiger partial charge in [0.05, 0.1) is 12.2 Å². The van der Waals surface area contributed by atoms with Crippen LogP contribution in [0.15, 0.2) is 17.3 Å². The van der Waals surface area contributed by atoms with Gasteiger partial charge in [-0.15, -0.1) is 0 Å². The van der Waals surface area contributed by atoms with Gasteiger partial charge in [0.2, 0.25) is 10.0 Å². The second-order valence-electron chi connectivity index (χ2n) is 4.71. The molecule has 0 aliphatic carbocycles. The zero-order valence-corrected chi connectivity index (χ0v) is 12.0. The van der Waals surface area contributed by atoms with Crippen LogP contribution < -0.4 is 0 Å². The predicted molar refractivity (Wildman–Crippen MR) is 70.1 cm³/mol. The first-order valence-corrected chi connectivity index (χ1v) is 7.63. The number of nitrogens with one attached hydrogen (secondary N) is 1. The van der Waals surface area contributed by atoms with Crippen LogP contribution in [0.4, 0.5) is 0 Å². The number of carbonyl (C=O) groups is 1. The lowest BCUT2D eigenvalue weighted by Crippen LogP contribution is -2.38. The SMILES string of the molecule is Cc1[nH]nc(C(=O)O)c1S(=O)(=O)N1CCn2ccnc2C1. The Bertz CT molecular complexity index is 806. The lowest BCUT2D eigenvalue weighted by Gasteiger charge is -2.26. The van der Waals surface area contributed by atoms with Gasteiger partial charge in [0.15, 0.2) is 5.69 Å². The number of carboxylic acid groups (broad SMARTS) is 1. The molecule has 0 bridgehead atoms. The van der Waals surface area contributed by atoms with E-state index >= 15 is 0 Å². The van der Waals surface area contributed by atoms with E-state index in [1.54, 1.807) is 12.4 Å². The van der Waals surface area contributed by atoms with E-state index in [9.17, 15) is 13.2 Å². The van der Waals surface area contributed by atoms with Crippen molar-refractivity contribution < 1.29 is 18.3 Å². The second kappa shape index (κ2) is 4.67. The highest BCUT2D eigenvalue weighted by Gasteiger charge is 2.35. The van der Waals surface area contributed by atoms with E-state index in [1.807, 2.05) is 4.57 Å². The molecule has 3 heterocycles. The standard InChI is InChI=1S/C11H13N5O4S/c1-7-10(9(11(17)18)14-13-7)21(19,20)16-5-4-15-3-2-12-8(15)6-16/h2-3H,4-6H2,1H3,(H,13,14)(H,17,18). The minimum absolute atomic E-state index is 0.110. The summed E-state index contributed by atoms with van der Waals surface area (Å²) in [5.74, 6) is -0.751. The highest BCUT2D eigenvalue weighted by Crippen LogP contribution is 2.25. The summed E-state index contributed by atoms with van der Waals surface area (Å²) in [6, 6.07) is 0. The van der Waals surface area contributed by atoms with Crippen LogP contribution in [-0.2, 0) is 23.1 Å². The van der Waals surface area contributed by atoms with Gasteiger partial charge in [0, 0.05) is 25.5 Å². The Morgan fingerprint density at radius 1 is 1.43 bits per heavy atom. The smallest absolute Gasteiger partial charge is 0.357 e. The van der Waals surface area contributed by atoms with Gasteiger partial charge in [-0.05, 0) is 6.92 Å². The summed E-state index contributed by atoms with van der Waals surface area (Å²) < 4.78 is 28.5. The van der Waals surface area contributed by atoms with Crippen molar-refractivity contribution in [1.82, 2.24) is 24.1 Å². The van der Waals surface area contributed by atoms with E-state index in [0.29, 0.717) is 12.4 Å². The van der Waals surface area contributed by atoms with Crippen molar-refractivity contribution >= 4 is 16.0 Å². The number of rotatable bonds is 3. The van der Waals surface area contributed by atoms with Crippen LogP contribution in [0, 0.1) is 6.92 Å². The molecule has 10 heteroatoms. The minimum atomic E-state index is -3.94. The summed E-state index contributed by atoms with van der Waals surface area (Å²) in [7, 11) is -3.94. The molecular formula is C11H13N5O4S. The first-order valence-electron chi connectivity index (χ1n) is 6.19. The fourth-order valence-corrected chi connectivity index (χ4v) is 4.04. The van der Waals surface area contributed by atoms with Gasteiger partial charge in [-0.3, -0.25) is 5.10 Å². The topological polar surface area (TPSA) is 121 Å². The molecule has 0 saturated heterocycles. The number of aromatic carboxylic acids is 1. The predicted octanol–water partition coefficient (Wildman–Crippen LogP) is -0.183. The third kappa shape index (κ3) is 2.12. The summed E-state index contributed by atoms with van der Waals surface area (Å²) in [4.78, 5) is 15.0. The van der Waals surface area contributed by atoms with Crippen LogP contribution in [0.1, 0.15) is 22.0 Å². The maximum atomic E-state index is 12.7. The van der Waals surface area contributed by atoms with Gasteiger partial charge in [-0.25, -0.2) is 18.2 Å². The molecule has 112 valence electrons. The molecule has 2 N–H and O–H groups in total. The maximum Gasteiger partial charge on any atom is 0.357 e. The third-order valence-corrected chi connectivity index (χ3v) is 5.41. The lowest BCUT2D eigenvalue weighted by molar-refractivity contribution is 0.0686. The van der Waals surface area contributed by atoms with Crippen molar-refractivity contribution in [2.24, 2.45) is 0 Å². The van der Waals surface area contributed by atoms with Gasteiger partial charge in [-0.2, -0.15) is 9.40 Å². The van der Waals surface area contributed by atoms with Crippen molar-refractivity contribution in [3.05, 3.63) is 29.6 Å². The fraction of sp³-hybridized carbons (Fsp3) is 0.364. The third-order valence-electron chi connectivity index (χ3n) is 3.40. The summed E-state index contributed by atoms with van der Waals surface area (Å²) in [5, 5.41) is 15.1. The van der Waals surface area contributed by atoms with Crippen molar-refractivity contribution in [1.29, 1.82) is 0 Å². The zero-order valence-electron chi connectivity index (χ0n) is 11.1. The average molecular weight is 311 g/mol. The molecule has 0 atom stereocenters. The largest absolute Gasteiger partial charge is 0.476 e. The first kappa shape index (κ1) is 13.8. The zero-order chi connectivity index (χ0) is 15.2. The lowest BCUT2D eigenvalue weighted by atomic mass is 10.4. The molecule has 1 aliphatic rings. The van der Waals surface area contributed by atoms with Crippen LogP contribution in [-0.4, -0.2) is 50.1 Å². The molecule has 0 spiro atoms. The van der Waals surface area contributed by atoms with Gasteiger partial charge in [-0.1, -0.05) is 0 Å². The first-order chi connectivity index (χ1) is 9.91. The number of aromatic nitrogens is 4. The van der Waals surface area contributed by atoms with E-state index < -0.39 is 21.7 Å². The molecule has 3 rings (SSSR count). The quantitative estimate of drug-likeness (QED) is 0.811. The number of hydrogen-bond acceptors (Lipinski definition) is 5. The molecule has 0 saturated carbocycles. The number of H-pyrrole nitrogens is 1. The number of nitrogens with zero attached hydrogens (tertiary/aromatic N) is 4. The Kier molecular flexibility index (Phi) is 3.06. The van der Waals surface area contributed by atoms with Gasteiger partial charge < -0.3 is 9.67 Å². The van der Waals surface area contributed by atoms with Crippen LogP contribution >= 0.6 is 0 Å².